The molecule has 0 atom stereocenters. The topological polar surface area (TPSA) is 79.6 Å². The summed E-state index contributed by atoms with van der Waals surface area (Å²) < 4.78 is 2.61. The third kappa shape index (κ3) is 2.12. The van der Waals surface area contributed by atoms with E-state index in [4.69, 9.17) is 0 Å². The second-order valence-electron chi connectivity index (χ2n) is 5.33. The average Bonchev–Trinajstić information content (AvgIpc) is 3.04. The van der Waals surface area contributed by atoms with Crippen LogP contribution in [-0.4, -0.2) is 36.9 Å². The lowest BCUT2D eigenvalue weighted by molar-refractivity contribution is 0.215. The summed E-state index contributed by atoms with van der Waals surface area (Å²) in [5.41, 5.74) is 1.23. The quantitative estimate of drug-likeness (QED) is 0.768. The molecule has 0 saturated carbocycles. The number of nitrogens with one attached hydrogen (secondary N) is 1. The van der Waals surface area contributed by atoms with Crippen molar-refractivity contribution in [2.24, 2.45) is 0 Å². The maximum absolute atomic E-state index is 9.39. The number of aliphatic hydroxyl groups is 1. The van der Waals surface area contributed by atoms with Gasteiger partial charge in [-0.2, -0.15) is 9.78 Å². The highest BCUT2D eigenvalue weighted by Crippen LogP contribution is 2.24. The highest BCUT2D eigenvalue weighted by atomic mass is 79.9. The molecule has 3 rings (SSSR count). The molecule has 0 aliphatic rings. The van der Waals surface area contributed by atoms with Gasteiger partial charge in [-0.05, 0) is 18.2 Å². The number of aromatic nitrogens is 5. The highest BCUT2D eigenvalue weighted by molar-refractivity contribution is 9.10. The predicted molar refractivity (Wildman–Crippen MR) is 78.8 cm³/mol. The van der Waals surface area contributed by atoms with E-state index in [9.17, 15) is 5.11 Å². The maximum Gasteiger partial charge on any atom is 0.184 e. The second-order valence-corrected chi connectivity index (χ2v) is 6.24. The van der Waals surface area contributed by atoms with E-state index in [1.54, 1.807) is 10.9 Å². The van der Waals surface area contributed by atoms with Gasteiger partial charge in [-0.15, -0.1) is 5.10 Å². The van der Waals surface area contributed by atoms with E-state index >= 15 is 0 Å². The van der Waals surface area contributed by atoms with Crippen molar-refractivity contribution in [3.8, 4) is 5.82 Å². The van der Waals surface area contributed by atoms with Gasteiger partial charge in [-0.25, -0.2) is 0 Å². The van der Waals surface area contributed by atoms with Crippen LogP contribution in [0.15, 0.2) is 28.9 Å². The summed E-state index contributed by atoms with van der Waals surface area (Å²) in [7, 11) is 0. The van der Waals surface area contributed by atoms with Gasteiger partial charge in [0.1, 0.15) is 0 Å². The smallest absolute Gasteiger partial charge is 0.184 e. The van der Waals surface area contributed by atoms with Crippen molar-refractivity contribution < 1.29 is 5.11 Å². The van der Waals surface area contributed by atoms with Crippen LogP contribution in [-0.2, 0) is 5.41 Å². The molecule has 0 fully saturated rings. The fraction of sp³-hybridized carbons (Fsp3) is 0.308. The molecule has 2 aromatic heterocycles. The Morgan fingerprint density at radius 3 is 2.95 bits per heavy atom. The van der Waals surface area contributed by atoms with E-state index in [-0.39, 0.29) is 6.61 Å². The first kappa shape index (κ1) is 13.3. The van der Waals surface area contributed by atoms with Crippen LogP contribution in [0.4, 0.5) is 0 Å². The van der Waals surface area contributed by atoms with Crippen molar-refractivity contribution in [3.63, 3.8) is 0 Å². The van der Waals surface area contributed by atoms with Crippen molar-refractivity contribution in [2.45, 2.75) is 19.3 Å². The molecule has 0 aliphatic heterocycles. The van der Waals surface area contributed by atoms with Gasteiger partial charge in [-0.1, -0.05) is 35.0 Å². The number of nitrogens with zero attached hydrogens (tertiary/aromatic N) is 4. The van der Waals surface area contributed by atoms with E-state index < -0.39 is 5.41 Å². The second kappa shape index (κ2) is 4.68. The number of hydrogen-bond donors (Lipinski definition) is 2. The summed E-state index contributed by atoms with van der Waals surface area (Å²) in [6.07, 6.45) is 1.80. The molecule has 0 saturated heterocycles. The van der Waals surface area contributed by atoms with Crippen molar-refractivity contribution in [1.29, 1.82) is 0 Å². The molecule has 6 nitrogen and oxygen atoms in total. The molecular formula is C13H14BrN5O. The van der Waals surface area contributed by atoms with Crippen LogP contribution >= 0.6 is 15.9 Å². The molecule has 2 heterocycles. The number of H-pyrrole nitrogens is 1. The highest BCUT2D eigenvalue weighted by Gasteiger charge is 2.24. The summed E-state index contributed by atoms with van der Waals surface area (Å²) in [4.78, 5) is 0. The average molecular weight is 336 g/mol. The SMILES string of the molecule is CC(C)(CO)c1cn(-c2n[nH]c3cc(Br)ccc23)nn1. The largest absolute Gasteiger partial charge is 0.395 e. The summed E-state index contributed by atoms with van der Waals surface area (Å²) >= 11 is 3.43. The Morgan fingerprint density at radius 1 is 1.40 bits per heavy atom. The van der Waals surface area contributed by atoms with E-state index in [0.29, 0.717) is 5.82 Å². The summed E-state index contributed by atoms with van der Waals surface area (Å²) in [5, 5.41) is 25.8. The number of fused-ring (bicyclic) bond motifs is 1. The Bertz CT molecular complexity index is 761. The van der Waals surface area contributed by atoms with E-state index in [1.807, 2.05) is 32.0 Å². The summed E-state index contributed by atoms with van der Waals surface area (Å²) in [6.45, 7) is 3.85. The van der Waals surface area contributed by atoms with Crippen LogP contribution in [0.2, 0.25) is 0 Å². The van der Waals surface area contributed by atoms with Crippen LogP contribution in [0.3, 0.4) is 0 Å². The number of benzene rings is 1. The Kier molecular flexibility index (Phi) is 3.10. The third-order valence-corrected chi connectivity index (χ3v) is 3.80. The molecule has 104 valence electrons. The fourth-order valence-corrected chi connectivity index (χ4v) is 2.27. The minimum Gasteiger partial charge on any atom is -0.395 e. The Hall–Kier alpha value is -1.73. The van der Waals surface area contributed by atoms with Gasteiger partial charge >= 0.3 is 0 Å². The summed E-state index contributed by atoms with van der Waals surface area (Å²) in [6, 6.07) is 5.88. The van der Waals surface area contributed by atoms with Crippen LogP contribution in [0.5, 0.6) is 0 Å². The lowest BCUT2D eigenvalue weighted by Crippen LogP contribution is -2.22. The molecule has 0 bridgehead atoms. The van der Waals surface area contributed by atoms with Gasteiger partial charge in [0.25, 0.3) is 0 Å². The number of aliphatic hydroxyl groups excluding tert-OH is 1. The zero-order valence-electron chi connectivity index (χ0n) is 11.1. The van der Waals surface area contributed by atoms with E-state index in [0.717, 1.165) is 21.1 Å². The summed E-state index contributed by atoms with van der Waals surface area (Å²) in [5.74, 6) is 0.694. The van der Waals surface area contributed by atoms with Crippen LogP contribution in [0, 0.1) is 0 Å². The Morgan fingerprint density at radius 2 is 2.20 bits per heavy atom. The minimum absolute atomic E-state index is 0.0138. The van der Waals surface area contributed by atoms with Crippen molar-refractivity contribution in [2.75, 3.05) is 6.61 Å². The van der Waals surface area contributed by atoms with Gasteiger partial charge < -0.3 is 5.11 Å². The zero-order chi connectivity index (χ0) is 14.3. The molecule has 0 spiro atoms. The third-order valence-electron chi connectivity index (χ3n) is 3.30. The Balaban J connectivity index is 2.08. The van der Waals surface area contributed by atoms with Crippen molar-refractivity contribution in [3.05, 3.63) is 34.6 Å². The molecule has 2 N–H and O–H groups in total. The normalized spacial score (nSPS) is 12.2. The monoisotopic (exact) mass is 335 g/mol. The molecule has 3 aromatic rings. The van der Waals surface area contributed by atoms with Gasteiger partial charge in [-0.3, -0.25) is 5.10 Å². The van der Waals surface area contributed by atoms with Crippen molar-refractivity contribution >= 4 is 26.8 Å². The molecule has 20 heavy (non-hydrogen) atoms. The standard InChI is InChI=1S/C13H14BrN5O/c1-13(2,7-20)11-6-19(18-16-11)12-9-4-3-8(14)5-10(9)15-17-12/h3-6,20H,7H2,1-2H3,(H,15,17). The molecule has 0 aliphatic carbocycles. The van der Waals surface area contributed by atoms with Crippen LogP contribution in [0.25, 0.3) is 16.7 Å². The van der Waals surface area contributed by atoms with Gasteiger partial charge in [0.05, 0.1) is 24.0 Å². The molecule has 0 unspecified atom stereocenters. The first-order valence-corrected chi connectivity index (χ1v) is 6.98. The molecular weight excluding hydrogens is 322 g/mol. The molecule has 1 aromatic carbocycles. The van der Waals surface area contributed by atoms with Crippen molar-refractivity contribution in [1.82, 2.24) is 25.2 Å². The first-order chi connectivity index (χ1) is 9.51. The van der Waals surface area contributed by atoms with Crippen LogP contribution in [0.1, 0.15) is 19.5 Å². The van der Waals surface area contributed by atoms with Gasteiger partial charge in [0.2, 0.25) is 0 Å². The fourth-order valence-electron chi connectivity index (χ4n) is 1.91. The molecule has 7 heteroatoms. The predicted octanol–water partition coefficient (Wildman–Crippen LogP) is 2.18. The maximum atomic E-state index is 9.39. The Labute approximate surface area is 123 Å². The number of hydrogen-bond acceptors (Lipinski definition) is 4. The molecule has 0 radical (unpaired) electrons. The van der Waals surface area contributed by atoms with E-state index in [2.05, 4.69) is 36.4 Å². The lowest BCUT2D eigenvalue weighted by Gasteiger charge is -2.17. The van der Waals surface area contributed by atoms with E-state index in [1.165, 1.54) is 0 Å². The zero-order valence-corrected chi connectivity index (χ0v) is 12.7. The number of halogens is 1. The lowest BCUT2D eigenvalue weighted by atomic mass is 9.91. The first-order valence-electron chi connectivity index (χ1n) is 6.19. The van der Waals surface area contributed by atoms with Crippen LogP contribution < -0.4 is 0 Å². The van der Waals surface area contributed by atoms with Gasteiger partial charge in [0.15, 0.2) is 5.82 Å². The minimum atomic E-state index is -0.423. The van der Waals surface area contributed by atoms with Gasteiger partial charge in [0, 0.05) is 15.3 Å². The number of aromatic amines is 1. The number of rotatable bonds is 3. The molecule has 0 amide bonds.